The van der Waals surface area contributed by atoms with Gasteiger partial charge in [0.15, 0.2) is 0 Å². The number of rotatable bonds is 6. The Morgan fingerprint density at radius 2 is 2.33 bits per heavy atom. The standard InChI is InChI=1S/C13H26N2/c1-4-5-8-12(2)14-11-13-9-6-7-10-15(13)3/h4,12-14H,1,5-11H2,2-3H3. The molecular weight excluding hydrogens is 184 g/mol. The molecule has 0 aromatic rings. The molecule has 1 aliphatic heterocycles. The molecule has 2 nitrogen and oxygen atoms in total. The van der Waals surface area contributed by atoms with E-state index in [2.05, 4.69) is 30.8 Å². The van der Waals surface area contributed by atoms with Crippen LogP contribution in [0.15, 0.2) is 12.7 Å². The van der Waals surface area contributed by atoms with Crippen molar-refractivity contribution in [2.24, 2.45) is 0 Å². The summed E-state index contributed by atoms with van der Waals surface area (Å²) in [6.45, 7) is 8.45. The largest absolute Gasteiger partial charge is 0.313 e. The van der Waals surface area contributed by atoms with Crippen LogP contribution in [0.2, 0.25) is 0 Å². The minimum absolute atomic E-state index is 0.623. The number of likely N-dealkylation sites (tertiary alicyclic amines) is 1. The summed E-state index contributed by atoms with van der Waals surface area (Å²) in [6.07, 6.45) is 8.47. The van der Waals surface area contributed by atoms with E-state index in [4.69, 9.17) is 0 Å². The van der Waals surface area contributed by atoms with Crippen molar-refractivity contribution in [3.05, 3.63) is 12.7 Å². The van der Waals surface area contributed by atoms with Crippen LogP contribution in [-0.4, -0.2) is 37.1 Å². The smallest absolute Gasteiger partial charge is 0.0217 e. The Morgan fingerprint density at radius 3 is 3.00 bits per heavy atom. The van der Waals surface area contributed by atoms with Crippen LogP contribution in [0.5, 0.6) is 0 Å². The van der Waals surface area contributed by atoms with Crippen molar-refractivity contribution in [1.82, 2.24) is 10.2 Å². The van der Waals surface area contributed by atoms with Crippen molar-refractivity contribution in [3.8, 4) is 0 Å². The summed E-state index contributed by atoms with van der Waals surface area (Å²) in [5.74, 6) is 0. The van der Waals surface area contributed by atoms with Gasteiger partial charge in [-0.1, -0.05) is 12.5 Å². The van der Waals surface area contributed by atoms with Crippen LogP contribution in [0, 0.1) is 0 Å². The Hall–Kier alpha value is -0.340. The molecule has 2 unspecified atom stereocenters. The van der Waals surface area contributed by atoms with Crippen molar-refractivity contribution in [3.63, 3.8) is 0 Å². The topological polar surface area (TPSA) is 15.3 Å². The van der Waals surface area contributed by atoms with E-state index in [-0.39, 0.29) is 0 Å². The van der Waals surface area contributed by atoms with E-state index in [0.717, 1.165) is 19.0 Å². The van der Waals surface area contributed by atoms with Crippen LogP contribution in [0.4, 0.5) is 0 Å². The molecule has 88 valence electrons. The van der Waals surface area contributed by atoms with Gasteiger partial charge < -0.3 is 10.2 Å². The maximum absolute atomic E-state index is 3.76. The number of piperidine rings is 1. The number of likely N-dealkylation sites (N-methyl/N-ethyl adjacent to an activating group) is 1. The minimum atomic E-state index is 0.623. The van der Waals surface area contributed by atoms with Gasteiger partial charge >= 0.3 is 0 Å². The number of hydrogen-bond donors (Lipinski definition) is 1. The third-order valence-electron chi connectivity index (χ3n) is 3.43. The zero-order valence-electron chi connectivity index (χ0n) is 10.3. The van der Waals surface area contributed by atoms with E-state index in [1.807, 2.05) is 6.08 Å². The Morgan fingerprint density at radius 1 is 1.53 bits per heavy atom. The minimum Gasteiger partial charge on any atom is -0.313 e. The molecule has 1 aliphatic rings. The van der Waals surface area contributed by atoms with Gasteiger partial charge in [0.1, 0.15) is 0 Å². The molecule has 0 radical (unpaired) electrons. The maximum atomic E-state index is 3.76. The van der Waals surface area contributed by atoms with Gasteiger partial charge in [-0.05, 0) is 46.2 Å². The molecule has 1 fully saturated rings. The quantitative estimate of drug-likeness (QED) is 0.677. The van der Waals surface area contributed by atoms with E-state index >= 15 is 0 Å². The Labute approximate surface area is 94.7 Å². The molecule has 0 bridgehead atoms. The molecule has 1 heterocycles. The lowest BCUT2D eigenvalue weighted by Crippen LogP contribution is -2.45. The summed E-state index contributed by atoms with van der Waals surface area (Å²) in [6, 6.07) is 1.38. The van der Waals surface area contributed by atoms with Gasteiger partial charge in [0.25, 0.3) is 0 Å². The summed E-state index contributed by atoms with van der Waals surface area (Å²) in [4.78, 5) is 2.50. The Kier molecular flexibility index (Phi) is 5.96. The highest BCUT2D eigenvalue weighted by atomic mass is 15.2. The Balaban J connectivity index is 2.14. The van der Waals surface area contributed by atoms with Gasteiger partial charge in [-0.2, -0.15) is 0 Å². The summed E-state index contributed by atoms with van der Waals surface area (Å²) >= 11 is 0. The summed E-state index contributed by atoms with van der Waals surface area (Å²) < 4.78 is 0. The normalized spacial score (nSPS) is 25.1. The van der Waals surface area contributed by atoms with E-state index < -0.39 is 0 Å². The lowest BCUT2D eigenvalue weighted by atomic mass is 10.0. The van der Waals surface area contributed by atoms with Crippen molar-refractivity contribution in [2.75, 3.05) is 20.1 Å². The molecular formula is C13H26N2. The zero-order chi connectivity index (χ0) is 11.1. The van der Waals surface area contributed by atoms with E-state index in [9.17, 15) is 0 Å². The number of nitrogens with zero attached hydrogens (tertiary/aromatic N) is 1. The average Bonchev–Trinajstić information content (AvgIpc) is 2.25. The molecule has 1 rings (SSSR count). The monoisotopic (exact) mass is 210 g/mol. The van der Waals surface area contributed by atoms with Crippen molar-refractivity contribution < 1.29 is 0 Å². The molecule has 1 N–H and O–H groups in total. The van der Waals surface area contributed by atoms with Gasteiger partial charge in [-0.25, -0.2) is 0 Å². The highest BCUT2D eigenvalue weighted by molar-refractivity contribution is 4.78. The summed E-state index contributed by atoms with van der Waals surface area (Å²) in [5.41, 5.74) is 0. The van der Waals surface area contributed by atoms with Crippen LogP contribution in [0.25, 0.3) is 0 Å². The number of allylic oxidation sites excluding steroid dienone is 1. The molecule has 0 aromatic heterocycles. The number of hydrogen-bond acceptors (Lipinski definition) is 2. The summed E-state index contributed by atoms with van der Waals surface area (Å²) in [7, 11) is 2.25. The number of nitrogens with one attached hydrogen (secondary N) is 1. The van der Waals surface area contributed by atoms with Gasteiger partial charge in [0.2, 0.25) is 0 Å². The SMILES string of the molecule is C=CCCC(C)NCC1CCCCN1C. The highest BCUT2D eigenvalue weighted by Gasteiger charge is 2.18. The van der Waals surface area contributed by atoms with Crippen LogP contribution in [-0.2, 0) is 0 Å². The van der Waals surface area contributed by atoms with Crippen LogP contribution in [0.1, 0.15) is 39.0 Å². The average molecular weight is 210 g/mol. The third-order valence-corrected chi connectivity index (χ3v) is 3.43. The van der Waals surface area contributed by atoms with Crippen LogP contribution < -0.4 is 5.32 Å². The van der Waals surface area contributed by atoms with E-state index in [1.54, 1.807) is 0 Å². The van der Waals surface area contributed by atoms with Gasteiger partial charge in [0, 0.05) is 18.6 Å². The first-order valence-corrected chi connectivity index (χ1v) is 6.28. The first-order valence-electron chi connectivity index (χ1n) is 6.28. The first-order chi connectivity index (χ1) is 7.24. The fraction of sp³-hybridized carbons (Fsp3) is 0.846. The summed E-state index contributed by atoms with van der Waals surface area (Å²) in [5, 5.41) is 3.63. The lowest BCUT2D eigenvalue weighted by Gasteiger charge is -2.33. The maximum Gasteiger partial charge on any atom is 0.0217 e. The van der Waals surface area contributed by atoms with Crippen LogP contribution >= 0.6 is 0 Å². The van der Waals surface area contributed by atoms with E-state index in [0.29, 0.717) is 6.04 Å². The molecule has 0 amide bonds. The molecule has 2 atom stereocenters. The second kappa shape index (κ2) is 7.02. The van der Waals surface area contributed by atoms with E-state index in [1.165, 1.54) is 32.2 Å². The lowest BCUT2D eigenvalue weighted by molar-refractivity contribution is 0.178. The molecule has 1 saturated heterocycles. The Bertz CT molecular complexity index is 179. The molecule has 2 heteroatoms. The van der Waals surface area contributed by atoms with Crippen molar-refractivity contribution in [1.29, 1.82) is 0 Å². The van der Waals surface area contributed by atoms with Crippen molar-refractivity contribution in [2.45, 2.75) is 51.1 Å². The molecule has 0 spiro atoms. The second-order valence-electron chi connectivity index (χ2n) is 4.81. The van der Waals surface area contributed by atoms with Gasteiger partial charge in [0.05, 0.1) is 0 Å². The fourth-order valence-corrected chi connectivity index (χ4v) is 2.21. The first kappa shape index (κ1) is 12.7. The molecule has 0 aliphatic carbocycles. The molecule has 0 saturated carbocycles. The van der Waals surface area contributed by atoms with Gasteiger partial charge in [-0.3, -0.25) is 0 Å². The fourth-order valence-electron chi connectivity index (χ4n) is 2.21. The predicted octanol–water partition coefficient (Wildman–Crippen LogP) is 2.42. The molecule has 0 aromatic carbocycles. The third kappa shape index (κ3) is 4.80. The highest BCUT2D eigenvalue weighted by Crippen LogP contribution is 2.14. The second-order valence-corrected chi connectivity index (χ2v) is 4.81. The predicted molar refractivity (Wildman–Crippen MR) is 67.2 cm³/mol. The zero-order valence-corrected chi connectivity index (χ0v) is 10.3. The molecule has 15 heavy (non-hydrogen) atoms. The van der Waals surface area contributed by atoms with Crippen molar-refractivity contribution >= 4 is 0 Å². The van der Waals surface area contributed by atoms with Gasteiger partial charge in [-0.15, -0.1) is 6.58 Å². The van der Waals surface area contributed by atoms with Crippen LogP contribution in [0.3, 0.4) is 0 Å².